The van der Waals surface area contributed by atoms with Crippen molar-refractivity contribution in [2.75, 3.05) is 19.5 Å². The minimum absolute atomic E-state index is 0.120. The van der Waals surface area contributed by atoms with E-state index in [1.807, 2.05) is 48.5 Å². The Labute approximate surface area is 155 Å². The Morgan fingerprint density at radius 1 is 1.08 bits per heavy atom. The lowest BCUT2D eigenvalue weighted by Crippen LogP contribution is -2.12. The summed E-state index contributed by atoms with van der Waals surface area (Å²) in [5.41, 5.74) is 1.90. The topological polar surface area (TPSA) is 73.3 Å². The number of nitrogens with one attached hydrogen (secondary N) is 1. The number of carbonyl (C=O) groups excluding carboxylic acids is 1. The molecule has 0 fully saturated rings. The summed E-state index contributed by atoms with van der Waals surface area (Å²) in [6, 6.07) is 15.3. The predicted molar refractivity (Wildman–Crippen MR) is 102 cm³/mol. The Morgan fingerprint density at radius 2 is 1.88 bits per heavy atom. The molecule has 134 valence electrons. The van der Waals surface area contributed by atoms with Gasteiger partial charge in [0.25, 0.3) is 0 Å². The van der Waals surface area contributed by atoms with Crippen molar-refractivity contribution in [3.8, 4) is 22.1 Å². The van der Waals surface area contributed by atoms with E-state index in [2.05, 4.69) is 15.5 Å². The fraction of sp³-hybridized carbons (Fsp3) is 0.211. The van der Waals surface area contributed by atoms with Crippen LogP contribution in [0.25, 0.3) is 10.6 Å². The molecule has 1 N–H and O–H groups in total. The van der Waals surface area contributed by atoms with E-state index in [1.54, 1.807) is 14.2 Å². The number of hydrogen-bond acceptors (Lipinski definition) is 6. The molecule has 0 spiro atoms. The molecular formula is C19H19N3O3S. The van der Waals surface area contributed by atoms with E-state index in [0.717, 1.165) is 27.6 Å². The molecule has 3 aromatic rings. The lowest BCUT2D eigenvalue weighted by Gasteiger charge is -2.10. The number of aryl methyl sites for hydroxylation is 1. The third-order valence-electron chi connectivity index (χ3n) is 3.80. The van der Waals surface area contributed by atoms with Gasteiger partial charge in [-0.25, -0.2) is 0 Å². The van der Waals surface area contributed by atoms with E-state index in [1.165, 1.54) is 11.3 Å². The van der Waals surface area contributed by atoms with Crippen molar-refractivity contribution in [2.24, 2.45) is 0 Å². The summed E-state index contributed by atoms with van der Waals surface area (Å²) in [7, 11) is 3.22. The summed E-state index contributed by atoms with van der Waals surface area (Å²) in [4.78, 5) is 12.2. The summed E-state index contributed by atoms with van der Waals surface area (Å²) >= 11 is 1.35. The van der Waals surface area contributed by atoms with Gasteiger partial charge in [-0.15, -0.1) is 10.2 Å². The molecule has 0 radical (unpaired) electrons. The summed E-state index contributed by atoms with van der Waals surface area (Å²) in [5, 5.41) is 12.2. The molecule has 3 rings (SSSR count). The third-order valence-corrected chi connectivity index (χ3v) is 4.69. The van der Waals surface area contributed by atoms with Crippen LogP contribution in [0.2, 0.25) is 0 Å². The van der Waals surface area contributed by atoms with E-state index in [-0.39, 0.29) is 5.91 Å². The van der Waals surface area contributed by atoms with Crippen LogP contribution in [0.1, 0.15) is 12.0 Å². The largest absolute Gasteiger partial charge is 0.497 e. The van der Waals surface area contributed by atoms with Crippen molar-refractivity contribution in [1.82, 2.24) is 10.2 Å². The SMILES string of the molecule is COc1ccc(OC)c(CCC(=O)Nc2nnc(-c3ccccc3)s2)c1. The van der Waals surface area contributed by atoms with Crippen LogP contribution < -0.4 is 14.8 Å². The highest BCUT2D eigenvalue weighted by molar-refractivity contribution is 7.18. The molecule has 1 heterocycles. The summed E-state index contributed by atoms with van der Waals surface area (Å²) < 4.78 is 10.6. The van der Waals surface area contributed by atoms with Gasteiger partial charge in [-0.2, -0.15) is 0 Å². The molecule has 1 amide bonds. The van der Waals surface area contributed by atoms with Crippen LogP contribution in [0.5, 0.6) is 11.5 Å². The third kappa shape index (κ3) is 4.37. The number of aromatic nitrogens is 2. The maximum atomic E-state index is 12.2. The van der Waals surface area contributed by atoms with Crippen molar-refractivity contribution in [2.45, 2.75) is 12.8 Å². The minimum atomic E-state index is -0.120. The summed E-state index contributed by atoms with van der Waals surface area (Å²) in [6.45, 7) is 0. The Bertz CT molecular complexity index is 881. The van der Waals surface area contributed by atoms with Crippen molar-refractivity contribution in [1.29, 1.82) is 0 Å². The molecule has 0 aliphatic carbocycles. The van der Waals surface area contributed by atoms with Crippen LogP contribution in [-0.4, -0.2) is 30.3 Å². The maximum absolute atomic E-state index is 12.2. The Morgan fingerprint density at radius 3 is 2.62 bits per heavy atom. The molecular weight excluding hydrogens is 350 g/mol. The van der Waals surface area contributed by atoms with E-state index in [9.17, 15) is 4.79 Å². The first kappa shape index (κ1) is 17.9. The molecule has 6 nitrogen and oxygen atoms in total. The lowest BCUT2D eigenvalue weighted by atomic mass is 10.1. The van der Waals surface area contributed by atoms with Crippen LogP contribution in [0.3, 0.4) is 0 Å². The standard InChI is InChI=1S/C19H19N3O3S/c1-24-15-9-10-16(25-2)14(12-15)8-11-17(23)20-19-22-21-18(26-19)13-6-4-3-5-7-13/h3-7,9-10,12H,8,11H2,1-2H3,(H,20,22,23). The van der Waals surface area contributed by atoms with Gasteiger partial charge in [-0.05, 0) is 30.2 Å². The zero-order valence-electron chi connectivity index (χ0n) is 14.6. The molecule has 0 aliphatic rings. The molecule has 2 aromatic carbocycles. The fourth-order valence-corrected chi connectivity index (χ4v) is 3.24. The number of anilines is 1. The highest BCUT2D eigenvalue weighted by Crippen LogP contribution is 2.27. The molecule has 0 saturated heterocycles. The van der Waals surface area contributed by atoms with E-state index in [4.69, 9.17) is 9.47 Å². The molecule has 0 atom stereocenters. The van der Waals surface area contributed by atoms with Crippen LogP contribution in [0, 0.1) is 0 Å². The normalized spacial score (nSPS) is 10.4. The number of nitrogens with zero attached hydrogens (tertiary/aromatic N) is 2. The Kier molecular flexibility index (Phi) is 5.80. The van der Waals surface area contributed by atoms with Gasteiger partial charge in [0.05, 0.1) is 14.2 Å². The van der Waals surface area contributed by atoms with Gasteiger partial charge < -0.3 is 14.8 Å². The number of hydrogen-bond donors (Lipinski definition) is 1. The minimum Gasteiger partial charge on any atom is -0.497 e. The van der Waals surface area contributed by atoms with Crippen molar-refractivity contribution in [3.05, 3.63) is 54.1 Å². The number of carbonyl (C=O) groups is 1. The molecule has 0 aliphatic heterocycles. The first-order valence-corrected chi connectivity index (χ1v) is 8.91. The van der Waals surface area contributed by atoms with Crippen LogP contribution in [-0.2, 0) is 11.2 Å². The van der Waals surface area contributed by atoms with Crippen molar-refractivity contribution in [3.63, 3.8) is 0 Å². The number of rotatable bonds is 7. The summed E-state index contributed by atoms with van der Waals surface area (Å²) in [5.74, 6) is 1.35. The molecule has 7 heteroatoms. The van der Waals surface area contributed by atoms with E-state index in [0.29, 0.717) is 18.0 Å². The van der Waals surface area contributed by atoms with Gasteiger partial charge in [0.15, 0.2) is 0 Å². The zero-order chi connectivity index (χ0) is 18.4. The Balaban J connectivity index is 1.61. The second kappa shape index (κ2) is 8.44. The van der Waals surface area contributed by atoms with Gasteiger partial charge >= 0.3 is 0 Å². The average Bonchev–Trinajstić information content (AvgIpc) is 3.15. The van der Waals surface area contributed by atoms with Crippen LogP contribution >= 0.6 is 11.3 Å². The second-order valence-electron chi connectivity index (χ2n) is 5.50. The first-order valence-electron chi connectivity index (χ1n) is 8.09. The fourth-order valence-electron chi connectivity index (χ4n) is 2.48. The van der Waals surface area contributed by atoms with Gasteiger partial charge in [-0.3, -0.25) is 4.79 Å². The smallest absolute Gasteiger partial charge is 0.226 e. The van der Waals surface area contributed by atoms with Crippen molar-refractivity contribution < 1.29 is 14.3 Å². The highest BCUT2D eigenvalue weighted by Gasteiger charge is 2.12. The predicted octanol–water partition coefficient (Wildman–Crippen LogP) is 3.79. The lowest BCUT2D eigenvalue weighted by molar-refractivity contribution is -0.116. The van der Waals surface area contributed by atoms with Gasteiger partial charge in [0.1, 0.15) is 16.5 Å². The second-order valence-corrected chi connectivity index (χ2v) is 6.48. The monoisotopic (exact) mass is 369 g/mol. The number of amides is 1. The van der Waals surface area contributed by atoms with E-state index < -0.39 is 0 Å². The average molecular weight is 369 g/mol. The van der Waals surface area contributed by atoms with Gasteiger partial charge in [-0.1, -0.05) is 41.7 Å². The Hall–Kier alpha value is -2.93. The summed E-state index contributed by atoms with van der Waals surface area (Å²) in [6.07, 6.45) is 0.848. The zero-order valence-corrected chi connectivity index (χ0v) is 15.4. The number of benzene rings is 2. The first-order chi connectivity index (χ1) is 12.7. The van der Waals surface area contributed by atoms with Crippen molar-refractivity contribution >= 4 is 22.4 Å². The number of ether oxygens (including phenoxy) is 2. The highest BCUT2D eigenvalue weighted by atomic mass is 32.1. The van der Waals surface area contributed by atoms with Crippen LogP contribution in [0.15, 0.2) is 48.5 Å². The molecule has 0 bridgehead atoms. The molecule has 26 heavy (non-hydrogen) atoms. The van der Waals surface area contributed by atoms with Gasteiger partial charge in [0.2, 0.25) is 11.0 Å². The molecule has 1 aromatic heterocycles. The maximum Gasteiger partial charge on any atom is 0.226 e. The molecule has 0 saturated carbocycles. The number of methoxy groups -OCH3 is 2. The van der Waals surface area contributed by atoms with Crippen LogP contribution in [0.4, 0.5) is 5.13 Å². The quantitative estimate of drug-likeness (QED) is 0.686. The van der Waals surface area contributed by atoms with Gasteiger partial charge in [0, 0.05) is 12.0 Å². The molecule has 0 unspecified atom stereocenters. The van der Waals surface area contributed by atoms with E-state index >= 15 is 0 Å².